The van der Waals surface area contributed by atoms with Crippen molar-refractivity contribution in [1.29, 1.82) is 0 Å². The number of nitrogens with one attached hydrogen (secondary N) is 1. The van der Waals surface area contributed by atoms with Crippen LogP contribution in [0.5, 0.6) is 0 Å². The summed E-state index contributed by atoms with van der Waals surface area (Å²) in [6.45, 7) is 0.665. The fourth-order valence-electron chi connectivity index (χ4n) is 2.66. The number of carbonyl (C=O) groups excluding carboxylic acids is 1. The van der Waals surface area contributed by atoms with Crippen LogP contribution in [0.15, 0.2) is 46.3 Å². The largest absolute Gasteiger partial charge is 0.378 e. The summed E-state index contributed by atoms with van der Waals surface area (Å²) >= 11 is 1.60. The van der Waals surface area contributed by atoms with Crippen LogP contribution in [0, 0.1) is 0 Å². The molecular weight excluding hydrogens is 360 g/mol. The molecule has 1 aromatic carbocycles. The standard InChI is InChI=1S/C20H24N4O2S/c1-24(2)16-11-9-15(10-12-16)20(25)21-13-5-3-4-8-18-22-19(23-26-18)17-7-6-14-27-17/h6-7,9-12,14H,3-5,8,13H2,1-2H3,(H,21,25). The Morgan fingerprint density at radius 3 is 2.67 bits per heavy atom. The molecule has 0 saturated heterocycles. The van der Waals surface area contributed by atoms with E-state index in [2.05, 4.69) is 15.5 Å². The van der Waals surface area contributed by atoms with Gasteiger partial charge in [-0.15, -0.1) is 11.3 Å². The van der Waals surface area contributed by atoms with Gasteiger partial charge in [0.1, 0.15) is 0 Å². The Balaban J connectivity index is 1.33. The molecular formula is C20H24N4O2S. The molecule has 0 aliphatic carbocycles. The fourth-order valence-corrected chi connectivity index (χ4v) is 3.30. The number of unbranched alkanes of at least 4 members (excludes halogenated alkanes) is 2. The first-order valence-electron chi connectivity index (χ1n) is 9.05. The molecule has 1 amide bonds. The van der Waals surface area contributed by atoms with Gasteiger partial charge >= 0.3 is 0 Å². The number of amides is 1. The summed E-state index contributed by atoms with van der Waals surface area (Å²) in [5, 5.41) is 8.97. The normalized spacial score (nSPS) is 10.7. The summed E-state index contributed by atoms with van der Waals surface area (Å²) in [5.41, 5.74) is 1.77. The minimum Gasteiger partial charge on any atom is -0.378 e. The van der Waals surface area contributed by atoms with Crippen LogP contribution in [-0.2, 0) is 6.42 Å². The summed E-state index contributed by atoms with van der Waals surface area (Å²) in [4.78, 5) is 19.6. The first-order chi connectivity index (χ1) is 13.1. The molecule has 2 aromatic heterocycles. The lowest BCUT2D eigenvalue weighted by Gasteiger charge is -2.12. The van der Waals surface area contributed by atoms with Crippen LogP contribution in [0.2, 0.25) is 0 Å². The van der Waals surface area contributed by atoms with Gasteiger partial charge in [0.2, 0.25) is 11.7 Å². The average Bonchev–Trinajstić information content (AvgIpc) is 3.36. The monoisotopic (exact) mass is 384 g/mol. The zero-order chi connectivity index (χ0) is 19.1. The smallest absolute Gasteiger partial charge is 0.251 e. The van der Waals surface area contributed by atoms with Gasteiger partial charge in [-0.1, -0.05) is 17.6 Å². The van der Waals surface area contributed by atoms with Crippen molar-refractivity contribution in [3.63, 3.8) is 0 Å². The Labute approximate surface area is 163 Å². The SMILES string of the molecule is CN(C)c1ccc(C(=O)NCCCCCc2nc(-c3cccs3)no2)cc1. The molecule has 0 fully saturated rings. The van der Waals surface area contributed by atoms with Crippen molar-refractivity contribution in [2.24, 2.45) is 0 Å². The third kappa shape index (κ3) is 5.40. The minimum absolute atomic E-state index is 0.0298. The molecule has 3 aromatic rings. The van der Waals surface area contributed by atoms with Gasteiger partial charge in [0.05, 0.1) is 4.88 Å². The van der Waals surface area contributed by atoms with Gasteiger partial charge in [0.25, 0.3) is 5.91 Å². The molecule has 0 aliphatic rings. The van der Waals surface area contributed by atoms with Crippen LogP contribution in [-0.4, -0.2) is 36.7 Å². The first kappa shape index (κ1) is 19.1. The molecule has 7 heteroatoms. The summed E-state index contributed by atoms with van der Waals surface area (Å²) in [6.07, 6.45) is 3.64. The van der Waals surface area contributed by atoms with Crippen LogP contribution < -0.4 is 10.2 Å². The van der Waals surface area contributed by atoms with E-state index in [9.17, 15) is 4.79 Å². The van der Waals surface area contributed by atoms with E-state index in [1.165, 1.54) is 0 Å². The molecule has 0 unspecified atom stereocenters. The number of benzene rings is 1. The summed E-state index contributed by atoms with van der Waals surface area (Å²) in [7, 11) is 3.96. The van der Waals surface area contributed by atoms with Gasteiger partial charge in [-0.05, 0) is 48.6 Å². The van der Waals surface area contributed by atoms with E-state index < -0.39 is 0 Å². The lowest BCUT2D eigenvalue weighted by Crippen LogP contribution is -2.24. The van der Waals surface area contributed by atoms with Gasteiger partial charge in [-0.3, -0.25) is 4.79 Å². The molecule has 1 N–H and O–H groups in total. The highest BCUT2D eigenvalue weighted by molar-refractivity contribution is 7.13. The number of aryl methyl sites for hydroxylation is 1. The molecule has 0 bridgehead atoms. The minimum atomic E-state index is -0.0298. The second kappa shape index (κ2) is 9.32. The van der Waals surface area contributed by atoms with E-state index in [-0.39, 0.29) is 5.91 Å². The predicted molar refractivity (Wildman–Crippen MR) is 108 cm³/mol. The summed E-state index contributed by atoms with van der Waals surface area (Å²) < 4.78 is 5.29. The van der Waals surface area contributed by atoms with E-state index in [4.69, 9.17) is 4.52 Å². The van der Waals surface area contributed by atoms with Crippen molar-refractivity contribution in [2.45, 2.75) is 25.7 Å². The molecule has 3 rings (SSSR count). The molecule has 27 heavy (non-hydrogen) atoms. The van der Waals surface area contributed by atoms with E-state index in [1.54, 1.807) is 11.3 Å². The van der Waals surface area contributed by atoms with Crippen molar-refractivity contribution in [1.82, 2.24) is 15.5 Å². The quantitative estimate of drug-likeness (QED) is 0.565. The maximum absolute atomic E-state index is 12.1. The topological polar surface area (TPSA) is 71.3 Å². The molecule has 0 radical (unpaired) electrons. The zero-order valence-electron chi connectivity index (χ0n) is 15.6. The Kier molecular flexibility index (Phi) is 6.59. The molecule has 142 valence electrons. The van der Waals surface area contributed by atoms with Crippen molar-refractivity contribution in [2.75, 3.05) is 25.5 Å². The predicted octanol–water partition coefficient (Wildman–Crippen LogP) is 4.01. The molecule has 2 heterocycles. The van der Waals surface area contributed by atoms with E-state index >= 15 is 0 Å². The highest BCUT2D eigenvalue weighted by Gasteiger charge is 2.09. The van der Waals surface area contributed by atoms with E-state index in [0.717, 1.165) is 36.2 Å². The molecule has 0 atom stereocenters. The Bertz CT molecular complexity index is 841. The Hall–Kier alpha value is -2.67. The van der Waals surface area contributed by atoms with Gasteiger partial charge in [0.15, 0.2) is 0 Å². The highest BCUT2D eigenvalue weighted by Crippen LogP contribution is 2.21. The van der Waals surface area contributed by atoms with Gasteiger partial charge in [0, 0.05) is 38.3 Å². The maximum atomic E-state index is 12.1. The number of aromatic nitrogens is 2. The second-order valence-corrected chi connectivity index (χ2v) is 7.44. The third-order valence-electron chi connectivity index (χ3n) is 4.21. The van der Waals surface area contributed by atoms with Crippen LogP contribution in [0.25, 0.3) is 10.7 Å². The fraction of sp³-hybridized carbons (Fsp3) is 0.350. The van der Waals surface area contributed by atoms with Crippen molar-refractivity contribution in [3.05, 3.63) is 53.2 Å². The molecule has 0 spiro atoms. The lowest BCUT2D eigenvalue weighted by atomic mass is 10.1. The van der Waals surface area contributed by atoms with Crippen LogP contribution in [0.3, 0.4) is 0 Å². The summed E-state index contributed by atoms with van der Waals surface area (Å²) in [6, 6.07) is 11.6. The van der Waals surface area contributed by atoms with Crippen molar-refractivity contribution in [3.8, 4) is 10.7 Å². The number of thiophene rings is 1. The lowest BCUT2D eigenvalue weighted by molar-refractivity contribution is 0.0953. The Morgan fingerprint density at radius 2 is 1.96 bits per heavy atom. The number of anilines is 1. The highest BCUT2D eigenvalue weighted by atomic mass is 32.1. The van der Waals surface area contributed by atoms with Crippen LogP contribution in [0.1, 0.15) is 35.5 Å². The molecule has 0 aliphatic heterocycles. The summed E-state index contributed by atoms with van der Waals surface area (Å²) in [5.74, 6) is 1.30. The second-order valence-electron chi connectivity index (χ2n) is 6.50. The van der Waals surface area contributed by atoms with Crippen LogP contribution in [0.4, 0.5) is 5.69 Å². The average molecular weight is 385 g/mol. The molecule has 6 nitrogen and oxygen atoms in total. The zero-order valence-corrected chi connectivity index (χ0v) is 16.5. The Morgan fingerprint density at radius 1 is 1.15 bits per heavy atom. The van der Waals surface area contributed by atoms with Crippen molar-refractivity contribution >= 4 is 22.9 Å². The van der Waals surface area contributed by atoms with Crippen LogP contribution >= 0.6 is 11.3 Å². The number of hydrogen-bond acceptors (Lipinski definition) is 6. The van der Waals surface area contributed by atoms with Crippen molar-refractivity contribution < 1.29 is 9.32 Å². The van der Waals surface area contributed by atoms with E-state index in [1.807, 2.05) is 60.8 Å². The maximum Gasteiger partial charge on any atom is 0.251 e. The number of nitrogens with zero attached hydrogens (tertiary/aromatic N) is 3. The van der Waals surface area contributed by atoms with Gasteiger partial charge in [-0.2, -0.15) is 4.98 Å². The van der Waals surface area contributed by atoms with E-state index in [0.29, 0.717) is 23.8 Å². The van der Waals surface area contributed by atoms with Gasteiger partial charge < -0.3 is 14.7 Å². The van der Waals surface area contributed by atoms with Gasteiger partial charge in [-0.25, -0.2) is 0 Å². The first-order valence-corrected chi connectivity index (χ1v) is 9.93. The number of rotatable bonds is 9. The number of carbonyl (C=O) groups is 1. The molecule has 0 saturated carbocycles. The third-order valence-corrected chi connectivity index (χ3v) is 5.07. The number of hydrogen-bond donors (Lipinski definition) is 1.